The molecule has 0 aromatic heterocycles. The number of phenols is 2. The predicted molar refractivity (Wildman–Crippen MR) is 49.8 cm³/mol. The average molecular weight is 214 g/mol. The molecule has 0 fully saturated rings. The van der Waals surface area contributed by atoms with Gasteiger partial charge in [-0.05, 0) is 17.7 Å². The molecule has 0 bridgehead atoms. The fourth-order valence-corrected chi connectivity index (χ4v) is 0.854. The molecule has 6 heteroatoms. The van der Waals surface area contributed by atoms with Gasteiger partial charge in [-0.2, -0.15) is 0 Å². The van der Waals surface area contributed by atoms with Crippen LogP contribution in [-0.2, 0) is 16.0 Å². The van der Waals surface area contributed by atoms with Crippen LogP contribution in [0.5, 0.6) is 11.5 Å². The molecule has 0 amide bonds. The molecule has 0 spiro atoms. The molecule has 0 aliphatic carbocycles. The Hall–Kier alpha value is -2.24. The summed E-state index contributed by atoms with van der Waals surface area (Å²) in [6, 6.07) is 3.93. The zero-order chi connectivity index (χ0) is 11.8. The van der Waals surface area contributed by atoms with E-state index in [4.69, 9.17) is 25.2 Å². The van der Waals surface area contributed by atoms with Gasteiger partial charge in [-0.3, -0.25) is 9.59 Å². The minimum Gasteiger partial charge on any atom is -0.504 e. The highest BCUT2D eigenvalue weighted by molar-refractivity contribution is 5.70. The minimum atomic E-state index is -0.972. The first-order valence-corrected chi connectivity index (χ1v) is 3.81. The van der Waals surface area contributed by atoms with Crippen LogP contribution in [0.3, 0.4) is 0 Å². The second-order valence-electron chi connectivity index (χ2n) is 2.50. The van der Waals surface area contributed by atoms with Gasteiger partial charge in [0.2, 0.25) is 0 Å². The molecule has 0 unspecified atom stereocenters. The number of hydrogen-bond acceptors (Lipinski definition) is 4. The number of rotatable bonds is 2. The molecule has 0 atom stereocenters. The van der Waals surface area contributed by atoms with Crippen molar-refractivity contribution in [3.05, 3.63) is 23.8 Å². The van der Waals surface area contributed by atoms with Gasteiger partial charge in [0, 0.05) is 0 Å². The van der Waals surface area contributed by atoms with Gasteiger partial charge in [0.25, 0.3) is 6.47 Å². The molecule has 15 heavy (non-hydrogen) atoms. The lowest BCUT2D eigenvalue weighted by atomic mass is 10.1. The van der Waals surface area contributed by atoms with Gasteiger partial charge in [0.15, 0.2) is 11.5 Å². The van der Waals surface area contributed by atoms with E-state index in [-0.39, 0.29) is 24.4 Å². The molecule has 82 valence electrons. The molecular formula is C9H10O6. The Bertz CT molecular complexity index is 346. The van der Waals surface area contributed by atoms with E-state index >= 15 is 0 Å². The van der Waals surface area contributed by atoms with Crippen LogP contribution in [0.1, 0.15) is 5.56 Å². The normalized spacial score (nSPS) is 8.53. The van der Waals surface area contributed by atoms with Gasteiger partial charge in [-0.25, -0.2) is 0 Å². The Labute approximate surface area is 85.0 Å². The zero-order valence-corrected chi connectivity index (χ0v) is 7.62. The maximum absolute atomic E-state index is 10.2. The van der Waals surface area contributed by atoms with Gasteiger partial charge in [0.1, 0.15) is 0 Å². The van der Waals surface area contributed by atoms with Crippen molar-refractivity contribution >= 4 is 12.4 Å². The summed E-state index contributed by atoms with van der Waals surface area (Å²) in [4.78, 5) is 18.6. The molecule has 1 aromatic rings. The van der Waals surface area contributed by atoms with E-state index in [9.17, 15) is 4.79 Å². The molecule has 0 aliphatic heterocycles. The van der Waals surface area contributed by atoms with Crippen LogP contribution in [-0.4, -0.2) is 32.9 Å². The molecule has 0 aliphatic rings. The number of phenolic OH excluding ortho intramolecular Hbond substituents is 2. The smallest absolute Gasteiger partial charge is 0.307 e. The first-order valence-electron chi connectivity index (χ1n) is 3.81. The Morgan fingerprint density at radius 2 is 1.80 bits per heavy atom. The average Bonchev–Trinajstić information content (AvgIpc) is 2.12. The van der Waals surface area contributed by atoms with Crippen molar-refractivity contribution in [2.45, 2.75) is 6.42 Å². The van der Waals surface area contributed by atoms with Crippen LogP contribution in [0.2, 0.25) is 0 Å². The number of benzene rings is 1. The largest absolute Gasteiger partial charge is 0.504 e. The van der Waals surface area contributed by atoms with Crippen molar-refractivity contribution in [2.24, 2.45) is 0 Å². The van der Waals surface area contributed by atoms with Crippen LogP contribution in [0.25, 0.3) is 0 Å². The summed E-state index contributed by atoms with van der Waals surface area (Å²) in [7, 11) is 0. The van der Waals surface area contributed by atoms with E-state index in [0.29, 0.717) is 5.56 Å². The van der Waals surface area contributed by atoms with E-state index in [0.717, 1.165) is 0 Å². The second kappa shape index (κ2) is 6.25. The highest BCUT2D eigenvalue weighted by Gasteiger charge is 2.03. The highest BCUT2D eigenvalue weighted by Crippen LogP contribution is 2.24. The van der Waals surface area contributed by atoms with Crippen LogP contribution in [0.4, 0.5) is 0 Å². The van der Waals surface area contributed by atoms with Crippen LogP contribution in [0.15, 0.2) is 18.2 Å². The zero-order valence-electron chi connectivity index (χ0n) is 7.62. The Balaban J connectivity index is 0.000000583. The second-order valence-corrected chi connectivity index (χ2v) is 2.50. The van der Waals surface area contributed by atoms with Gasteiger partial charge in [0.05, 0.1) is 6.42 Å². The third-order valence-corrected chi connectivity index (χ3v) is 1.40. The first kappa shape index (κ1) is 12.8. The van der Waals surface area contributed by atoms with Crippen molar-refractivity contribution in [1.29, 1.82) is 0 Å². The molecule has 0 heterocycles. The van der Waals surface area contributed by atoms with Gasteiger partial charge in [-0.1, -0.05) is 6.07 Å². The molecule has 0 saturated carbocycles. The van der Waals surface area contributed by atoms with E-state index in [1.54, 1.807) is 0 Å². The van der Waals surface area contributed by atoms with Crippen molar-refractivity contribution in [2.75, 3.05) is 0 Å². The number of carboxylic acid groups (broad SMARTS) is 2. The number of carbonyl (C=O) groups is 2. The molecule has 6 nitrogen and oxygen atoms in total. The summed E-state index contributed by atoms with van der Waals surface area (Å²) >= 11 is 0. The summed E-state index contributed by atoms with van der Waals surface area (Å²) in [5, 5.41) is 33.1. The number of aromatic hydroxyl groups is 2. The minimum absolute atomic E-state index is 0.159. The lowest BCUT2D eigenvalue weighted by molar-refractivity contribution is -0.136. The monoisotopic (exact) mass is 214 g/mol. The standard InChI is InChI=1S/C8H8O4.CH2O2/c9-6-2-1-5(3-7(6)10)4-8(11)12;2-1-3/h1-3,9-10H,4H2,(H,11,12);1H,(H,2,3). The topological polar surface area (TPSA) is 115 Å². The van der Waals surface area contributed by atoms with Crippen LogP contribution in [0, 0.1) is 0 Å². The van der Waals surface area contributed by atoms with Crippen molar-refractivity contribution in [3.63, 3.8) is 0 Å². The summed E-state index contributed by atoms with van der Waals surface area (Å²) in [5.74, 6) is -1.52. The third-order valence-electron chi connectivity index (χ3n) is 1.40. The van der Waals surface area contributed by atoms with Crippen molar-refractivity contribution in [3.8, 4) is 11.5 Å². The van der Waals surface area contributed by atoms with Gasteiger partial charge in [-0.15, -0.1) is 0 Å². The summed E-state index contributed by atoms with van der Waals surface area (Å²) in [6.07, 6.45) is -0.159. The Morgan fingerprint density at radius 1 is 1.27 bits per heavy atom. The van der Waals surface area contributed by atoms with E-state index in [1.165, 1.54) is 18.2 Å². The maximum atomic E-state index is 10.2. The van der Waals surface area contributed by atoms with E-state index in [2.05, 4.69) is 0 Å². The summed E-state index contributed by atoms with van der Waals surface area (Å²) in [5.41, 5.74) is 0.456. The maximum Gasteiger partial charge on any atom is 0.307 e. The summed E-state index contributed by atoms with van der Waals surface area (Å²) < 4.78 is 0. The fraction of sp³-hybridized carbons (Fsp3) is 0.111. The molecular weight excluding hydrogens is 204 g/mol. The SMILES string of the molecule is O=C(O)Cc1ccc(O)c(O)c1.O=CO. The van der Waals surface area contributed by atoms with Crippen LogP contribution < -0.4 is 0 Å². The predicted octanol–water partition coefficient (Wildman–Crippen LogP) is 0.426. The third kappa shape index (κ3) is 5.14. The molecule has 0 radical (unpaired) electrons. The number of hydrogen-bond donors (Lipinski definition) is 4. The Morgan fingerprint density at radius 3 is 2.20 bits per heavy atom. The fourth-order valence-electron chi connectivity index (χ4n) is 0.854. The molecule has 4 N–H and O–H groups in total. The molecule has 0 saturated heterocycles. The van der Waals surface area contributed by atoms with Crippen molar-refractivity contribution in [1.82, 2.24) is 0 Å². The number of aliphatic carboxylic acids is 1. The molecule has 1 rings (SSSR count). The molecule has 1 aromatic carbocycles. The lowest BCUT2D eigenvalue weighted by Gasteiger charge is -1.99. The van der Waals surface area contributed by atoms with Crippen LogP contribution >= 0.6 is 0 Å². The number of carboxylic acids is 1. The van der Waals surface area contributed by atoms with E-state index in [1.807, 2.05) is 0 Å². The quantitative estimate of drug-likeness (QED) is 0.419. The van der Waals surface area contributed by atoms with Gasteiger partial charge >= 0.3 is 5.97 Å². The van der Waals surface area contributed by atoms with Gasteiger partial charge < -0.3 is 20.4 Å². The highest BCUT2D eigenvalue weighted by atomic mass is 16.4. The first-order chi connectivity index (χ1) is 7.01. The Kier molecular flexibility index (Phi) is 5.32. The lowest BCUT2D eigenvalue weighted by Crippen LogP contribution is -1.99. The van der Waals surface area contributed by atoms with Crippen molar-refractivity contribution < 1.29 is 30.0 Å². The summed E-state index contributed by atoms with van der Waals surface area (Å²) in [6.45, 7) is -0.250. The van der Waals surface area contributed by atoms with E-state index < -0.39 is 5.97 Å².